The molecule has 1 fully saturated rings. The van der Waals surface area contributed by atoms with E-state index >= 15 is 0 Å². The number of carbonyl (C=O) groups excluding carboxylic acids is 1. The molecule has 0 radical (unpaired) electrons. The molecule has 2 aromatic rings. The number of nitrogens with zero attached hydrogens (tertiary/aromatic N) is 2. The van der Waals surface area contributed by atoms with Gasteiger partial charge in [-0.3, -0.25) is 9.10 Å². The molecule has 0 bridgehead atoms. The molecule has 0 unspecified atom stereocenters. The van der Waals surface area contributed by atoms with E-state index in [1.54, 1.807) is 29.2 Å². The van der Waals surface area contributed by atoms with Gasteiger partial charge in [-0.25, -0.2) is 8.42 Å². The summed E-state index contributed by atoms with van der Waals surface area (Å²) in [5, 5.41) is 0. The van der Waals surface area contributed by atoms with Crippen molar-refractivity contribution < 1.29 is 17.9 Å². The summed E-state index contributed by atoms with van der Waals surface area (Å²) in [7, 11) is -3.92. The van der Waals surface area contributed by atoms with Gasteiger partial charge in [-0.05, 0) is 69.0 Å². The average molecular weight is 431 g/mol. The van der Waals surface area contributed by atoms with Crippen molar-refractivity contribution in [2.45, 2.75) is 38.5 Å². The SMILES string of the molecule is CCOc1ccc(S(=O)(=O)N(CC(=O)N2CCC[C@@H](C)C2)c2ccc(C)cc2)cc1. The topological polar surface area (TPSA) is 66.9 Å². The second-order valence-corrected chi connectivity index (χ2v) is 9.70. The highest BCUT2D eigenvalue weighted by molar-refractivity contribution is 7.92. The maximum Gasteiger partial charge on any atom is 0.264 e. The number of amides is 1. The van der Waals surface area contributed by atoms with Crippen LogP contribution in [0.1, 0.15) is 32.3 Å². The van der Waals surface area contributed by atoms with Gasteiger partial charge in [-0.1, -0.05) is 24.6 Å². The molecular formula is C23H30N2O4S. The Morgan fingerprint density at radius 3 is 2.40 bits per heavy atom. The number of carbonyl (C=O) groups is 1. The fourth-order valence-electron chi connectivity index (χ4n) is 3.67. The summed E-state index contributed by atoms with van der Waals surface area (Å²) >= 11 is 0. The van der Waals surface area contributed by atoms with Crippen molar-refractivity contribution in [3.05, 3.63) is 54.1 Å². The molecule has 2 aromatic carbocycles. The number of hydrogen-bond donors (Lipinski definition) is 0. The van der Waals surface area contributed by atoms with Crippen LogP contribution >= 0.6 is 0 Å². The van der Waals surface area contributed by atoms with Crippen LogP contribution in [0, 0.1) is 12.8 Å². The van der Waals surface area contributed by atoms with Gasteiger partial charge in [-0.15, -0.1) is 0 Å². The Morgan fingerprint density at radius 2 is 1.80 bits per heavy atom. The fourth-order valence-corrected chi connectivity index (χ4v) is 5.08. The first-order chi connectivity index (χ1) is 14.3. The van der Waals surface area contributed by atoms with E-state index in [-0.39, 0.29) is 17.3 Å². The monoisotopic (exact) mass is 430 g/mol. The van der Waals surface area contributed by atoms with Crippen molar-refractivity contribution in [1.29, 1.82) is 0 Å². The van der Waals surface area contributed by atoms with Gasteiger partial charge < -0.3 is 9.64 Å². The Morgan fingerprint density at radius 1 is 1.13 bits per heavy atom. The minimum Gasteiger partial charge on any atom is -0.494 e. The number of benzene rings is 2. The molecular weight excluding hydrogens is 400 g/mol. The second-order valence-electron chi connectivity index (χ2n) is 7.84. The molecule has 3 rings (SSSR count). The number of piperidine rings is 1. The number of hydrogen-bond acceptors (Lipinski definition) is 4. The van der Waals surface area contributed by atoms with Crippen molar-refractivity contribution in [3.63, 3.8) is 0 Å². The third kappa shape index (κ3) is 5.14. The standard InChI is InChI=1S/C23H30N2O4S/c1-4-29-21-11-13-22(14-12-21)30(27,28)25(20-9-7-18(2)8-10-20)17-23(26)24-15-5-6-19(3)16-24/h7-14,19H,4-6,15-17H2,1-3H3/t19-/m1/s1. The molecule has 7 heteroatoms. The number of aryl methyl sites for hydroxylation is 1. The molecule has 1 saturated heterocycles. The van der Waals surface area contributed by atoms with Crippen molar-refractivity contribution in [1.82, 2.24) is 4.90 Å². The van der Waals surface area contributed by atoms with Crippen LogP contribution in [0.15, 0.2) is 53.4 Å². The first-order valence-electron chi connectivity index (χ1n) is 10.4. The maximum atomic E-state index is 13.5. The highest BCUT2D eigenvalue weighted by Crippen LogP contribution is 2.26. The Bertz CT molecular complexity index is 956. The van der Waals surface area contributed by atoms with E-state index in [4.69, 9.17) is 4.74 Å². The van der Waals surface area contributed by atoms with Crippen LogP contribution in [-0.4, -0.2) is 45.5 Å². The quantitative estimate of drug-likeness (QED) is 0.669. The molecule has 162 valence electrons. The van der Waals surface area contributed by atoms with Gasteiger partial charge in [-0.2, -0.15) is 0 Å². The summed E-state index contributed by atoms with van der Waals surface area (Å²) in [5.41, 5.74) is 1.50. The fraction of sp³-hybridized carbons (Fsp3) is 0.435. The molecule has 1 atom stereocenters. The second kappa shape index (κ2) is 9.51. The van der Waals surface area contributed by atoms with Gasteiger partial charge >= 0.3 is 0 Å². The largest absolute Gasteiger partial charge is 0.494 e. The number of anilines is 1. The van der Waals surface area contributed by atoms with E-state index in [9.17, 15) is 13.2 Å². The molecule has 0 aromatic heterocycles. The highest BCUT2D eigenvalue weighted by Gasteiger charge is 2.30. The van der Waals surface area contributed by atoms with E-state index in [1.165, 1.54) is 16.4 Å². The molecule has 1 aliphatic rings. The molecule has 1 aliphatic heterocycles. The van der Waals surface area contributed by atoms with Crippen LogP contribution < -0.4 is 9.04 Å². The molecule has 0 saturated carbocycles. The number of likely N-dealkylation sites (tertiary alicyclic amines) is 1. The van der Waals surface area contributed by atoms with Crippen LogP contribution in [0.5, 0.6) is 5.75 Å². The smallest absolute Gasteiger partial charge is 0.264 e. The predicted molar refractivity (Wildman–Crippen MR) is 118 cm³/mol. The third-order valence-electron chi connectivity index (χ3n) is 5.33. The summed E-state index contributed by atoms with van der Waals surface area (Å²) < 4.78 is 33.6. The zero-order chi connectivity index (χ0) is 21.7. The minimum absolute atomic E-state index is 0.131. The molecule has 1 amide bonds. The van der Waals surface area contributed by atoms with E-state index in [1.807, 2.05) is 26.0 Å². The van der Waals surface area contributed by atoms with Gasteiger partial charge in [0, 0.05) is 13.1 Å². The van der Waals surface area contributed by atoms with Gasteiger partial charge in [0.15, 0.2) is 0 Å². The lowest BCUT2D eigenvalue weighted by Gasteiger charge is -2.33. The van der Waals surface area contributed by atoms with Crippen LogP contribution in [0.3, 0.4) is 0 Å². The summed E-state index contributed by atoms with van der Waals surface area (Å²) in [6, 6.07) is 13.5. The molecule has 0 spiro atoms. The van der Waals surface area contributed by atoms with Crippen molar-refractivity contribution in [3.8, 4) is 5.75 Å². The number of ether oxygens (including phenoxy) is 1. The van der Waals surface area contributed by atoms with E-state index in [2.05, 4.69) is 6.92 Å². The molecule has 0 aliphatic carbocycles. The summed E-state index contributed by atoms with van der Waals surface area (Å²) in [5.74, 6) is 0.867. The third-order valence-corrected chi connectivity index (χ3v) is 7.12. The average Bonchev–Trinajstić information content (AvgIpc) is 2.73. The number of sulfonamides is 1. The van der Waals surface area contributed by atoms with E-state index in [0.29, 0.717) is 37.1 Å². The van der Waals surface area contributed by atoms with E-state index < -0.39 is 10.0 Å². The zero-order valence-corrected chi connectivity index (χ0v) is 18.7. The van der Waals surface area contributed by atoms with Gasteiger partial charge in [0.25, 0.3) is 10.0 Å². The highest BCUT2D eigenvalue weighted by atomic mass is 32.2. The van der Waals surface area contributed by atoms with E-state index in [0.717, 1.165) is 18.4 Å². The minimum atomic E-state index is -3.92. The van der Waals surface area contributed by atoms with Gasteiger partial charge in [0.05, 0.1) is 17.2 Å². The maximum absolute atomic E-state index is 13.5. The van der Waals surface area contributed by atoms with Crippen molar-refractivity contribution in [2.24, 2.45) is 5.92 Å². The Kier molecular flexibility index (Phi) is 7.02. The molecule has 1 heterocycles. The molecule has 30 heavy (non-hydrogen) atoms. The first-order valence-corrected chi connectivity index (χ1v) is 11.9. The summed E-state index contributed by atoms with van der Waals surface area (Å²) in [4.78, 5) is 14.9. The predicted octanol–water partition coefficient (Wildman–Crippen LogP) is 3.85. The van der Waals surface area contributed by atoms with Crippen molar-refractivity contribution >= 4 is 21.6 Å². The Labute approximate surface area is 179 Å². The lowest BCUT2D eigenvalue weighted by Crippen LogP contribution is -2.46. The van der Waals surface area contributed by atoms with Gasteiger partial charge in [0.1, 0.15) is 12.3 Å². The van der Waals surface area contributed by atoms with Crippen LogP contribution in [-0.2, 0) is 14.8 Å². The first kappa shape index (κ1) is 22.2. The van der Waals surface area contributed by atoms with Crippen LogP contribution in [0.25, 0.3) is 0 Å². The van der Waals surface area contributed by atoms with Crippen LogP contribution in [0.2, 0.25) is 0 Å². The Hall–Kier alpha value is -2.54. The van der Waals surface area contributed by atoms with Crippen molar-refractivity contribution in [2.75, 3.05) is 30.5 Å². The number of rotatable bonds is 7. The lowest BCUT2D eigenvalue weighted by molar-refractivity contribution is -0.131. The molecule has 0 N–H and O–H groups in total. The van der Waals surface area contributed by atoms with Crippen LogP contribution in [0.4, 0.5) is 5.69 Å². The lowest BCUT2D eigenvalue weighted by atomic mass is 10.0. The summed E-state index contributed by atoms with van der Waals surface area (Å²) in [6.07, 6.45) is 2.04. The zero-order valence-electron chi connectivity index (χ0n) is 17.9. The normalized spacial score (nSPS) is 16.9. The van der Waals surface area contributed by atoms with Gasteiger partial charge in [0.2, 0.25) is 5.91 Å². The Balaban J connectivity index is 1.92. The molecule has 6 nitrogen and oxygen atoms in total. The summed E-state index contributed by atoms with van der Waals surface area (Å²) in [6.45, 7) is 7.56.